The summed E-state index contributed by atoms with van der Waals surface area (Å²) in [6, 6.07) is 11.7. The SMILES string of the molecule is Cc1cc(C)c2oc(C(=O)N(Cc3ccc(N(C)C)cc3)[C@H]3CCS(=O)(=O)C3)c(C)c2c1. The Bertz CT molecular complexity index is 1270. The lowest BCUT2D eigenvalue weighted by Gasteiger charge is -2.28. The van der Waals surface area contributed by atoms with Gasteiger partial charge in [0.15, 0.2) is 15.6 Å². The summed E-state index contributed by atoms with van der Waals surface area (Å²) in [6.07, 6.45) is 0.446. The van der Waals surface area contributed by atoms with Crippen LogP contribution in [0.3, 0.4) is 0 Å². The first-order chi connectivity index (χ1) is 15.1. The highest BCUT2D eigenvalue weighted by Crippen LogP contribution is 2.32. The first-order valence-corrected chi connectivity index (χ1v) is 12.7. The van der Waals surface area contributed by atoms with Gasteiger partial charge in [-0.2, -0.15) is 0 Å². The molecule has 1 aliphatic rings. The molecule has 1 amide bonds. The van der Waals surface area contributed by atoms with E-state index in [0.717, 1.165) is 33.3 Å². The molecule has 0 aliphatic carbocycles. The van der Waals surface area contributed by atoms with Gasteiger partial charge in [0.1, 0.15) is 5.58 Å². The van der Waals surface area contributed by atoms with Gasteiger partial charge >= 0.3 is 0 Å². The number of amides is 1. The number of hydrogen-bond donors (Lipinski definition) is 0. The normalized spacial score (nSPS) is 17.6. The van der Waals surface area contributed by atoms with Crippen molar-refractivity contribution in [2.24, 2.45) is 0 Å². The average molecular weight is 455 g/mol. The van der Waals surface area contributed by atoms with Crippen molar-refractivity contribution in [1.82, 2.24) is 4.90 Å². The van der Waals surface area contributed by atoms with Crippen LogP contribution in [0.4, 0.5) is 5.69 Å². The molecule has 2 heterocycles. The zero-order chi connectivity index (χ0) is 23.2. The van der Waals surface area contributed by atoms with Gasteiger partial charge < -0.3 is 14.2 Å². The summed E-state index contributed by atoms with van der Waals surface area (Å²) in [7, 11) is 0.804. The van der Waals surface area contributed by atoms with Crippen molar-refractivity contribution in [3.63, 3.8) is 0 Å². The summed E-state index contributed by atoms with van der Waals surface area (Å²) in [6.45, 7) is 6.22. The van der Waals surface area contributed by atoms with E-state index in [4.69, 9.17) is 4.42 Å². The Morgan fingerprint density at radius 2 is 1.78 bits per heavy atom. The van der Waals surface area contributed by atoms with E-state index in [1.54, 1.807) is 4.90 Å². The summed E-state index contributed by atoms with van der Waals surface area (Å²) in [5.74, 6) is 0.141. The molecule has 0 N–H and O–H groups in total. The summed E-state index contributed by atoms with van der Waals surface area (Å²) in [5.41, 5.74) is 5.62. The number of fused-ring (bicyclic) bond motifs is 1. The molecule has 0 radical (unpaired) electrons. The third-order valence-electron chi connectivity index (χ3n) is 6.28. The molecule has 4 rings (SSSR count). The Hall–Kier alpha value is -2.80. The van der Waals surface area contributed by atoms with E-state index in [-0.39, 0.29) is 23.5 Å². The highest BCUT2D eigenvalue weighted by atomic mass is 32.2. The van der Waals surface area contributed by atoms with Gasteiger partial charge in [0, 0.05) is 43.3 Å². The molecule has 0 saturated carbocycles. The number of sulfone groups is 1. The zero-order valence-electron chi connectivity index (χ0n) is 19.3. The second-order valence-corrected chi connectivity index (χ2v) is 11.3. The zero-order valence-corrected chi connectivity index (χ0v) is 20.1. The maximum Gasteiger partial charge on any atom is 0.290 e. The maximum absolute atomic E-state index is 13.7. The van der Waals surface area contributed by atoms with Crippen LogP contribution in [0.2, 0.25) is 0 Å². The van der Waals surface area contributed by atoms with Crippen LogP contribution in [0.25, 0.3) is 11.0 Å². The predicted octanol–water partition coefficient (Wildman–Crippen LogP) is 4.25. The van der Waals surface area contributed by atoms with E-state index in [2.05, 4.69) is 0 Å². The molecule has 2 aromatic carbocycles. The molecule has 0 unspecified atom stereocenters. The van der Waals surface area contributed by atoms with E-state index in [9.17, 15) is 13.2 Å². The fourth-order valence-corrected chi connectivity index (χ4v) is 6.22. The molecule has 0 spiro atoms. The molecule has 1 atom stereocenters. The molecule has 0 bridgehead atoms. The van der Waals surface area contributed by atoms with E-state index < -0.39 is 9.84 Å². The van der Waals surface area contributed by atoms with E-state index in [1.165, 1.54) is 0 Å². The van der Waals surface area contributed by atoms with Gasteiger partial charge in [-0.05, 0) is 62.1 Å². The van der Waals surface area contributed by atoms with Crippen LogP contribution in [0.15, 0.2) is 40.8 Å². The Morgan fingerprint density at radius 1 is 1.09 bits per heavy atom. The molecular formula is C25H30N2O4S. The Labute approximate surface area is 189 Å². The van der Waals surface area contributed by atoms with Gasteiger partial charge in [0.2, 0.25) is 0 Å². The Balaban J connectivity index is 1.73. The van der Waals surface area contributed by atoms with Crippen molar-refractivity contribution in [1.29, 1.82) is 0 Å². The smallest absolute Gasteiger partial charge is 0.290 e. The minimum atomic E-state index is -3.14. The predicted molar refractivity (Wildman–Crippen MR) is 128 cm³/mol. The molecule has 1 aliphatic heterocycles. The lowest BCUT2D eigenvalue weighted by molar-refractivity contribution is 0.0649. The topological polar surface area (TPSA) is 70.8 Å². The highest BCUT2D eigenvalue weighted by Gasteiger charge is 2.36. The van der Waals surface area contributed by atoms with Crippen molar-refractivity contribution < 1.29 is 17.6 Å². The average Bonchev–Trinajstić information content (AvgIpc) is 3.25. The number of anilines is 1. The number of carbonyl (C=O) groups excluding carboxylic acids is 1. The van der Waals surface area contributed by atoms with Crippen molar-refractivity contribution in [3.8, 4) is 0 Å². The van der Waals surface area contributed by atoms with Crippen LogP contribution in [0.5, 0.6) is 0 Å². The number of hydrogen-bond acceptors (Lipinski definition) is 5. The number of rotatable bonds is 5. The number of aryl methyl sites for hydroxylation is 3. The van der Waals surface area contributed by atoms with Gasteiger partial charge in [0.05, 0.1) is 11.5 Å². The monoisotopic (exact) mass is 454 g/mol. The third kappa shape index (κ3) is 4.26. The quantitative estimate of drug-likeness (QED) is 0.576. The fourth-order valence-electron chi connectivity index (χ4n) is 4.49. The Morgan fingerprint density at radius 3 is 2.38 bits per heavy atom. The van der Waals surface area contributed by atoms with Crippen LogP contribution in [-0.2, 0) is 16.4 Å². The lowest BCUT2D eigenvalue weighted by atomic mass is 10.0. The van der Waals surface area contributed by atoms with Gasteiger partial charge in [-0.15, -0.1) is 0 Å². The van der Waals surface area contributed by atoms with Crippen molar-refractivity contribution in [3.05, 3.63) is 64.4 Å². The minimum absolute atomic E-state index is 0.00800. The highest BCUT2D eigenvalue weighted by molar-refractivity contribution is 7.91. The molecule has 6 nitrogen and oxygen atoms in total. The summed E-state index contributed by atoms with van der Waals surface area (Å²) < 4.78 is 30.5. The molecule has 3 aromatic rings. The van der Waals surface area contributed by atoms with Gasteiger partial charge in [-0.1, -0.05) is 18.2 Å². The van der Waals surface area contributed by atoms with Crippen LogP contribution in [0, 0.1) is 20.8 Å². The van der Waals surface area contributed by atoms with Crippen LogP contribution >= 0.6 is 0 Å². The largest absolute Gasteiger partial charge is 0.450 e. The number of carbonyl (C=O) groups is 1. The van der Waals surface area contributed by atoms with Crippen LogP contribution < -0.4 is 4.90 Å². The fraction of sp³-hybridized carbons (Fsp3) is 0.400. The first-order valence-electron chi connectivity index (χ1n) is 10.8. The maximum atomic E-state index is 13.7. The second-order valence-electron chi connectivity index (χ2n) is 9.07. The van der Waals surface area contributed by atoms with Crippen LogP contribution in [0.1, 0.15) is 39.2 Å². The second kappa shape index (κ2) is 8.28. The standard InChI is InChI=1S/C25H30N2O4S/c1-16-12-17(2)23-22(13-16)18(3)24(31-23)25(28)27(21-10-11-32(29,30)15-21)14-19-6-8-20(9-7-19)26(4)5/h6-9,12-13,21H,10-11,14-15H2,1-5H3/t21-/m0/s1. The van der Waals surface area contributed by atoms with Crippen molar-refractivity contribution in [2.45, 2.75) is 39.8 Å². The summed E-state index contributed by atoms with van der Waals surface area (Å²) in [4.78, 5) is 17.4. The van der Waals surface area contributed by atoms with E-state index >= 15 is 0 Å². The van der Waals surface area contributed by atoms with Crippen molar-refractivity contribution in [2.75, 3.05) is 30.5 Å². The first kappa shape index (κ1) is 22.4. The van der Waals surface area contributed by atoms with E-state index in [1.807, 2.05) is 76.2 Å². The molecule has 1 saturated heterocycles. The number of nitrogens with zero attached hydrogens (tertiary/aromatic N) is 2. The minimum Gasteiger partial charge on any atom is -0.450 e. The molecule has 1 aromatic heterocycles. The van der Waals surface area contributed by atoms with Crippen molar-refractivity contribution >= 4 is 32.4 Å². The molecule has 32 heavy (non-hydrogen) atoms. The van der Waals surface area contributed by atoms with Gasteiger partial charge in [0.25, 0.3) is 5.91 Å². The van der Waals surface area contributed by atoms with Crippen LogP contribution in [-0.4, -0.2) is 50.9 Å². The number of furan rings is 1. The van der Waals surface area contributed by atoms with Gasteiger partial charge in [-0.25, -0.2) is 8.42 Å². The molecule has 1 fully saturated rings. The summed E-state index contributed by atoms with van der Waals surface area (Å²) >= 11 is 0. The van der Waals surface area contributed by atoms with Gasteiger partial charge in [-0.3, -0.25) is 4.79 Å². The lowest BCUT2D eigenvalue weighted by Crippen LogP contribution is -2.40. The number of benzene rings is 2. The molecular weight excluding hydrogens is 424 g/mol. The molecule has 170 valence electrons. The third-order valence-corrected chi connectivity index (χ3v) is 8.03. The molecule has 7 heteroatoms. The van der Waals surface area contributed by atoms with E-state index in [0.29, 0.717) is 24.3 Å². The Kier molecular flexibility index (Phi) is 5.79. The summed E-state index contributed by atoms with van der Waals surface area (Å²) in [5, 5.41) is 0.931.